The van der Waals surface area contributed by atoms with Gasteiger partial charge in [-0.1, -0.05) is 47.5 Å². The minimum atomic E-state index is -0.405. The van der Waals surface area contributed by atoms with Crippen LogP contribution >= 0.6 is 11.6 Å². The van der Waals surface area contributed by atoms with E-state index in [1.165, 1.54) is 0 Å². The second-order valence-corrected chi connectivity index (χ2v) is 9.26. The maximum Gasteiger partial charge on any atom is 0.262 e. The minimum absolute atomic E-state index is 0.101. The van der Waals surface area contributed by atoms with Crippen molar-refractivity contribution in [2.75, 3.05) is 23.4 Å². The number of amides is 3. The molecule has 0 radical (unpaired) electrons. The van der Waals surface area contributed by atoms with Gasteiger partial charge in [-0.3, -0.25) is 14.4 Å². The van der Waals surface area contributed by atoms with Crippen LogP contribution in [0.5, 0.6) is 5.75 Å². The van der Waals surface area contributed by atoms with Crippen LogP contribution in [0.15, 0.2) is 66.7 Å². The number of nitrogens with zero attached hydrogens (tertiary/aromatic N) is 1. The number of hydrogen-bond donors (Lipinski definition) is 2. The SMILES string of the molecule is Cc1ccc(CNC(=O)[C@H]2CC(=O)N(c3ccc(OCC(=O)Nc4cccc(Cl)c4C)cc3)C2)cc1. The molecule has 0 aliphatic carbocycles. The zero-order valence-electron chi connectivity index (χ0n) is 20.2. The second-order valence-electron chi connectivity index (χ2n) is 8.85. The molecule has 4 rings (SSSR count). The summed E-state index contributed by atoms with van der Waals surface area (Å²) >= 11 is 6.09. The number of anilines is 2. The number of nitrogens with one attached hydrogen (secondary N) is 2. The standard InChI is InChI=1S/C28H28ClN3O4/c1-18-6-8-20(9-7-18)15-30-28(35)21-14-27(34)32(16-21)22-10-12-23(13-11-22)36-17-26(33)31-25-5-3-4-24(29)19(25)2/h3-13,21H,14-17H2,1-2H3,(H,30,35)(H,31,33)/t21-/m0/s1. The molecule has 0 saturated carbocycles. The topological polar surface area (TPSA) is 87.7 Å². The molecule has 1 atom stereocenters. The molecule has 1 aliphatic rings. The minimum Gasteiger partial charge on any atom is -0.484 e. The van der Waals surface area contributed by atoms with Gasteiger partial charge in [0, 0.05) is 35.9 Å². The van der Waals surface area contributed by atoms with E-state index in [9.17, 15) is 14.4 Å². The predicted octanol–water partition coefficient (Wildman–Crippen LogP) is 4.64. The summed E-state index contributed by atoms with van der Waals surface area (Å²) < 4.78 is 5.58. The predicted molar refractivity (Wildman–Crippen MR) is 140 cm³/mol. The Morgan fingerprint density at radius 3 is 2.47 bits per heavy atom. The number of carbonyl (C=O) groups excluding carboxylic acids is 3. The quantitative estimate of drug-likeness (QED) is 0.466. The molecule has 7 nitrogen and oxygen atoms in total. The van der Waals surface area contributed by atoms with E-state index in [2.05, 4.69) is 10.6 Å². The molecule has 3 amide bonds. The monoisotopic (exact) mass is 505 g/mol. The number of carbonyl (C=O) groups is 3. The lowest BCUT2D eigenvalue weighted by Crippen LogP contribution is -2.32. The lowest BCUT2D eigenvalue weighted by molar-refractivity contribution is -0.126. The molecule has 1 aliphatic heterocycles. The molecule has 36 heavy (non-hydrogen) atoms. The summed E-state index contributed by atoms with van der Waals surface area (Å²) in [4.78, 5) is 39.1. The van der Waals surface area contributed by atoms with Gasteiger partial charge in [-0.25, -0.2) is 0 Å². The van der Waals surface area contributed by atoms with Crippen LogP contribution in [-0.2, 0) is 20.9 Å². The summed E-state index contributed by atoms with van der Waals surface area (Å²) in [5.74, 6) is -0.449. The molecule has 3 aromatic carbocycles. The first-order valence-corrected chi connectivity index (χ1v) is 12.1. The van der Waals surface area contributed by atoms with Crippen molar-refractivity contribution in [3.63, 3.8) is 0 Å². The fraction of sp³-hybridized carbons (Fsp3) is 0.250. The van der Waals surface area contributed by atoms with E-state index >= 15 is 0 Å². The summed E-state index contributed by atoms with van der Waals surface area (Å²) in [6.45, 7) is 4.42. The number of halogens is 1. The first-order chi connectivity index (χ1) is 17.3. The van der Waals surface area contributed by atoms with Crippen molar-refractivity contribution >= 4 is 40.7 Å². The van der Waals surface area contributed by atoms with Gasteiger partial charge in [0.2, 0.25) is 11.8 Å². The van der Waals surface area contributed by atoms with Gasteiger partial charge >= 0.3 is 0 Å². The number of rotatable bonds is 8. The zero-order valence-corrected chi connectivity index (χ0v) is 21.0. The Bertz CT molecular complexity index is 1260. The zero-order chi connectivity index (χ0) is 25.7. The van der Waals surface area contributed by atoms with Gasteiger partial charge in [-0.05, 0) is 61.4 Å². The summed E-state index contributed by atoms with van der Waals surface area (Å²) in [6, 6.07) is 20.2. The highest BCUT2D eigenvalue weighted by Crippen LogP contribution is 2.27. The molecule has 3 aromatic rings. The van der Waals surface area contributed by atoms with Gasteiger partial charge in [0.15, 0.2) is 6.61 Å². The van der Waals surface area contributed by atoms with Gasteiger partial charge in [0.05, 0.1) is 5.92 Å². The fourth-order valence-electron chi connectivity index (χ4n) is 3.97. The highest BCUT2D eigenvalue weighted by atomic mass is 35.5. The first kappa shape index (κ1) is 25.3. The second kappa shape index (κ2) is 11.3. The van der Waals surface area contributed by atoms with Gasteiger partial charge in [0.25, 0.3) is 5.91 Å². The molecule has 0 spiro atoms. The van der Waals surface area contributed by atoms with Crippen LogP contribution in [0.4, 0.5) is 11.4 Å². The maximum atomic E-state index is 12.6. The molecular weight excluding hydrogens is 478 g/mol. The third-order valence-corrected chi connectivity index (χ3v) is 6.55. The molecule has 1 heterocycles. The third-order valence-electron chi connectivity index (χ3n) is 6.14. The van der Waals surface area contributed by atoms with Crippen LogP contribution in [0.1, 0.15) is 23.1 Å². The van der Waals surface area contributed by atoms with E-state index in [-0.39, 0.29) is 30.7 Å². The molecular formula is C28H28ClN3O4. The molecule has 0 bridgehead atoms. The maximum absolute atomic E-state index is 12.6. The average molecular weight is 506 g/mol. The van der Waals surface area contributed by atoms with Crippen LogP contribution in [-0.4, -0.2) is 30.9 Å². The third kappa shape index (κ3) is 6.23. The van der Waals surface area contributed by atoms with Crippen LogP contribution in [0, 0.1) is 19.8 Å². The Labute approximate surface area is 215 Å². The smallest absolute Gasteiger partial charge is 0.262 e. The van der Waals surface area contributed by atoms with Gasteiger partial charge < -0.3 is 20.3 Å². The van der Waals surface area contributed by atoms with Crippen LogP contribution in [0.3, 0.4) is 0 Å². The fourth-order valence-corrected chi connectivity index (χ4v) is 4.15. The van der Waals surface area contributed by atoms with Crippen molar-refractivity contribution in [2.45, 2.75) is 26.8 Å². The Balaban J connectivity index is 1.27. The van der Waals surface area contributed by atoms with Crippen molar-refractivity contribution in [1.82, 2.24) is 5.32 Å². The van der Waals surface area contributed by atoms with E-state index in [1.54, 1.807) is 47.4 Å². The van der Waals surface area contributed by atoms with Crippen molar-refractivity contribution < 1.29 is 19.1 Å². The van der Waals surface area contributed by atoms with E-state index < -0.39 is 5.92 Å². The lowest BCUT2D eigenvalue weighted by atomic mass is 10.1. The van der Waals surface area contributed by atoms with Gasteiger partial charge in [-0.15, -0.1) is 0 Å². The highest BCUT2D eigenvalue weighted by molar-refractivity contribution is 6.31. The Hall–Kier alpha value is -3.84. The largest absolute Gasteiger partial charge is 0.484 e. The summed E-state index contributed by atoms with van der Waals surface area (Å²) in [5, 5.41) is 6.29. The molecule has 8 heteroatoms. The number of aryl methyl sites for hydroxylation is 1. The Kier molecular flexibility index (Phi) is 7.90. The summed E-state index contributed by atoms with van der Waals surface area (Å²) in [5.41, 5.74) is 4.28. The number of hydrogen-bond acceptors (Lipinski definition) is 4. The van der Waals surface area contributed by atoms with Crippen LogP contribution in [0.25, 0.3) is 0 Å². The van der Waals surface area contributed by atoms with Gasteiger partial charge in [-0.2, -0.15) is 0 Å². The Morgan fingerprint density at radius 1 is 1.03 bits per heavy atom. The number of benzene rings is 3. The average Bonchev–Trinajstić information content (AvgIpc) is 3.27. The molecule has 1 fully saturated rings. The van der Waals surface area contributed by atoms with Crippen molar-refractivity contribution in [3.05, 3.63) is 88.4 Å². The highest BCUT2D eigenvalue weighted by Gasteiger charge is 2.35. The van der Waals surface area contributed by atoms with Gasteiger partial charge in [0.1, 0.15) is 5.75 Å². The van der Waals surface area contributed by atoms with Crippen molar-refractivity contribution in [3.8, 4) is 5.75 Å². The van der Waals surface area contributed by atoms with E-state index in [1.807, 2.05) is 38.1 Å². The van der Waals surface area contributed by atoms with Crippen molar-refractivity contribution in [1.29, 1.82) is 0 Å². The van der Waals surface area contributed by atoms with E-state index in [0.717, 1.165) is 16.7 Å². The molecule has 0 aromatic heterocycles. The van der Waals surface area contributed by atoms with Crippen LogP contribution in [0.2, 0.25) is 5.02 Å². The van der Waals surface area contributed by atoms with Crippen molar-refractivity contribution in [2.24, 2.45) is 5.92 Å². The molecule has 1 saturated heterocycles. The molecule has 0 unspecified atom stereocenters. The van der Waals surface area contributed by atoms with Crippen LogP contribution < -0.4 is 20.3 Å². The Morgan fingerprint density at radius 2 is 1.75 bits per heavy atom. The van der Waals surface area contributed by atoms with E-state index in [0.29, 0.717) is 35.2 Å². The first-order valence-electron chi connectivity index (χ1n) is 11.7. The normalized spacial score (nSPS) is 15.0. The summed E-state index contributed by atoms with van der Waals surface area (Å²) in [6.07, 6.45) is 0.168. The number of ether oxygens (including phenoxy) is 1. The summed E-state index contributed by atoms with van der Waals surface area (Å²) in [7, 11) is 0. The molecule has 2 N–H and O–H groups in total. The van der Waals surface area contributed by atoms with E-state index in [4.69, 9.17) is 16.3 Å². The molecule has 186 valence electrons. The lowest BCUT2D eigenvalue weighted by Gasteiger charge is -2.17.